The number of benzene rings is 2. The molecule has 2 nitrogen and oxygen atoms in total. The maximum absolute atomic E-state index is 6.27. The average molecular weight is 322 g/mol. The van der Waals surface area contributed by atoms with Crippen molar-refractivity contribution in [3.05, 3.63) is 58.1 Å². The maximum atomic E-state index is 6.27. The van der Waals surface area contributed by atoms with Crippen LogP contribution in [0.1, 0.15) is 31.9 Å². The van der Waals surface area contributed by atoms with E-state index in [1.54, 1.807) is 6.07 Å². The second-order valence-corrected chi connectivity index (χ2v) is 6.77. The first kappa shape index (κ1) is 14.6. The molecule has 0 spiro atoms. The van der Waals surface area contributed by atoms with Crippen LogP contribution >= 0.6 is 23.2 Å². The molecule has 0 radical (unpaired) electrons. The van der Waals surface area contributed by atoms with Gasteiger partial charge in [-0.3, -0.25) is 0 Å². The summed E-state index contributed by atoms with van der Waals surface area (Å²) in [6.45, 7) is 4.20. The summed E-state index contributed by atoms with van der Waals surface area (Å²) in [5, 5.41) is 4.78. The zero-order valence-corrected chi connectivity index (χ0v) is 13.5. The predicted octanol–water partition coefficient (Wildman–Crippen LogP) is 5.71. The predicted molar refractivity (Wildman–Crippen MR) is 88.6 cm³/mol. The molecule has 0 amide bonds. The van der Waals surface area contributed by atoms with E-state index in [0.717, 1.165) is 23.4 Å². The monoisotopic (exact) mass is 321 g/mol. The molecule has 2 aromatic rings. The van der Waals surface area contributed by atoms with Gasteiger partial charge in [-0.15, -0.1) is 0 Å². The number of halogens is 2. The van der Waals surface area contributed by atoms with Crippen LogP contribution in [0.25, 0.3) is 0 Å². The molecular formula is C17H17Cl2NO. The van der Waals surface area contributed by atoms with Crippen LogP contribution < -0.4 is 10.1 Å². The Hall–Kier alpha value is -1.38. The first-order valence-corrected chi connectivity index (χ1v) is 7.70. The molecule has 1 N–H and O–H groups in total. The zero-order valence-electron chi connectivity index (χ0n) is 12.0. The van der Waals surface area contributed by atoms with Crippen molar-refractivity contribution in [3.8, 4) is 5.75 Å². The fourth-order valence-corrected chi connectivity index (χ4v) is 3.19. The highest BCUT2D eigenvalue weighted by molar-refractivity contribution is 6.36. The third kappa shape index (κ3) is 3.12. The normalized spacial score (nSPS) is 19.5. The van der Waals surface area contributed by atoms with Crippen molar-refractivity contribution in [3.63, 3.8) is 0 Å². The lowest BCUT2D eigenvalue weighted by Crippen LogP contribution is -2.37. The van der Waals surface area contributed by atoms with E-state index in [0.29, 0.717) is 10.0 Å². The number of hydrogen-bond acceptors (Lipinski definition) is 2. The molecule has 0 aromatic heterocycles. The van der Waals surface area contributed by atoms with Crippen LogP contribution in [-0.4, -0.2) is 5.60 Å². The third-order valence-corrected chi connectivity index (χ3v) is 4.19. The second kappa shape index (κ2) is 5.43. The summed E-state index contributed by atoms with van der Waals surface area (Å²) in [6.07, 6.45) is 0.864. The van der Waals surface area contributed by atoms with E-state index in [4.69, 9.17) is 27.9 Å². The summed E-state index contributed by atoms with van der Waals surface area (Å²) in [7, 11) is 0. The molecule has 1 heterocycles. The first-order valence-electron chi connectivity index (χ1n) is 6.94. The number of rotatable bonds is 2. The maximum Gasteiger partial charge on any atom is 0.125 e. The van der Waals surface area contributed by atoms with Crippen LogP contribution in [0.5, 0.6) is 5.75 Å². The van der Waals surface area contributed by atoms with Gasteiger partial charge in [-0.1, -0.05) is 41.4 Å². The highest BCUT2D eigenvalue weighted by Crippen LogP contribution is 2.41. The first-order chi connectivity index (χ1) is 9.94. The van der Waals surface area contributed by atoms with E-state index in [2.05, 4.69) is 25.2 Å². The van der Waals surface area contributed by atoms with Crippen molar-refractivity contribution in [1.29, 1.82) is 0 Å². The molecule has 0 aliphatic carbocycles. The Morgan fingerprint density at radius 3 is 2.67 bits per heavy atom. The molecule has 21 heavy (non-hydrogen) atoms. The Bertz CT molecular complexity index is 670. The van der Waals surface area contributed by atoms with Gasteiger partial charge in [0.2, 0.25) is 0 Å². The molecule has 0 saturated heterocycles. The molecule has 4 heteroatoms. The van der Waals surface area contributed by atoms with Crippen LogP contribution in [0.3, 0.4) is 0 Å². The number of hydrogen-bond donors (Lipinski definition) is 1. The minimum atomic E-state index is -0.217. The molecule has 3 rings (SSSR count). The van der Waals surface area contributed by atoms with Gasteiger partial charge in [0.05, 0.1) is 16.8 Å². The molecule has 0 bridgehead atoms. The Balaban J connectivity index is 1.94. The quantitative estimate of drug-likeness (QED) is 0.765. The summed E-state index contributed by atoms with van der Waals surface area (Å²) in [5.41, 5.74) is 1.83. The molecule has 1 unspecified atom stereocenters. The SMILES string of the molecule is CC1(C)CC(Nc2ccc(Cl)cc2Cl)c2ccccc2O1. The van der Waals surface area contributed by atoms with Crippen LogP contribution in [-0.2, 0) is 0 Å². The number of anilines is 1. The van der Waals surface area contributed by atoms with Gasteiger partial charge in [0, 0.05) is 17.0 Å². The largest absolute Gasteiger partial charge is 0.487 e. The van der Waals surface area contributed by atoms with Gasteiger partial charge >= 0.3 is 0 Å². The van der Waals surface area contributed by atoms with Gasteiger partial charge in [-0.05, 0) is 38.1 Å². The van der Waals surface area contributed by atoms with Crippen LogP contribution in [0.2, 0.25) is 10.0 Å². The molecular weight excluding hydrogens is 305 g/mol. The molecule has 1 aliphatic rings. The van der Waals surface area contributed by atoms with Gasteiger partial charge < -0.3 is 10.1 Å². The lowest BCUT2D eigenvalue weighted by Gasteiger charge is -2.38. The fraction of sp³-hybridized carbons (Fsp3) is 0.294. The standard InChI is InChI=1S/C17H17Cl2NO/c1-17(2)10-15(12-5-3-4-6-16(12)21-17)20-14-8-7-11(18)9-13(14)19/h3-9,15,20H,10H2,1-2H3. The van der Waals surface area contributed by atoms with E-state index in [1.165, 1.54) is 0 Å². The lowest BCUT2D eigenvalue weighted by atomic mass is 9.89. The average Bonchev–Trinajstić information content (AvgIpc) is 2.40. The molecule has 1 aliphatic heterocycles. The summed E-state index contributed by atoms with van der Waals surface area (Å²) in [6, 6.07) is 13.8. The van der Waals surface area contributed by atoms with Gasteiger partial charge in [0.25, 0.3) is 0 Å². The van der Waals surface area contributed by atoms with Gasteiger partial charge in [-0.2, -0.15) is 0 Å². The number of nitrogens with one attached hydrogen (secondary N) is 1. The van der Waals surface area contributed by atoms with Crippen molar-refractivity contribution in [2.75, 3.05) is 5.32 Å². The molecule has 0 fully saturated rings. The number of ether oxygens (including phenoxy) is 1. The third-order valence-electron chi connectivity index (χ3n) is 3.64. The van der Waals surface area contributed by atoms with E-state index in [-0.39, 0.29) is 11.6 Å². The molecule has 1 atom stereocenters. The minimum absolute atomic E-state index is 0.156. The minimum Gasteiger partial charge on any atom is -0.487 e. The topological polar surface area (TPSA) is 21.3 Å². The smallest absolute Gasteiger partial charge is 0.125 e. The van der Waals surface area contributed by atoms with Crippen molar-refractivity contribution < 1.29 is 4.74 Å². The summed E-state index contributed by atoms with van der Waals surface area (Å²) in [5.74, 6) is 0.927. The Morgan fingerprint density at radius 1 is 1.14 bits per heavy atom. The molecule has 110 valence electrons. The highest BCUT2D eigenvalue weighted by Gasteiger charge is 2.33. The van der Waals surface area contributed by atoms with Crippen molar-refractivity contribution in [1.82, 2.24) is 0 Å². The summed E-state index contributed by atoms with van der Waals surface area (Å²) in [4.78, 5) is 0. The molecule has 2 aromatic carbocycles. The summed E-state index contributed by atoms with van der Waals surface area (Å²) < 4.78 is 6.04. The Labute approximate surface area is 135 Å². The van der Waals surface area contributed by atoms with E-state index >= 15 is 0 Å². The number of fused-ring (bicyclic) bond motifs is 1. The fourth-order valence-electron chi connectivity index (χ4n) is 2.73. The Morgan fingerprint density at radius 2 is 1.90 bits per heavy atom. The number of para-hydroxylation sites is 1. The van der Waals surface area contributed by atoms with Gasteiger partial charge in [-0.25, -0.2) is 0 Å². The van der Waals surface area contributed by atoms with Gasteiger partial charge in [0.15, 0.2) is 0 Å². The second-order valence-electron chi connectivity index (χ2n) is 5.92. The summed E-state index contributed by atoms with van der Waals surface area (Å²) >= 11 is 12.2. The van der Waals surface area contributed by atoms with Crippen molar-refractivity contribution in [2.45, 2.75) is 31.9 Å². The van der Waals surface area contributed by atoms with Crippen LogP contribution in [0, 0.1) is 0 Å². The van der Waals surface area contributed by atoms with E-state index < -0.39 is 0 Å². The highest BCUT2D eigenvalue weighted by atomic mass is 35.5. The van der Waals surface area contributed by atoms with Crippen LogP contribution in [0.4, 0.5) is 5.69 Å². The zero-order chi connectivity index (χ0) is 15.0. The van der Waals surface area contributed by atoms with Crippen molar-refractivity contribution >= 4 is 28.9 Å². The van der Waals surface area contributed by atoms with E-state index in [9.17, 15) is 0 Å². The molecule has 0 saturated carbocycles. The van der Waals surface area contributed by atoms with Crippen molar-refractivity contribution in [2.24, 2.45) is 0 Å². The van der Waals surface area contributed by atoms with E-state index in [1.807, 2.05) is 30.3 Å². The lowest BCUT2D eigenvalue weighted by molar-refractivity contribution is 0.0759. The Kier molecular flexibility index (Phi) is 3.76. The van der Waals surface area contributed by atoms with Crippen LogP contribution in [0.15, 0.2) is 42.5 Å². The van der Waals surface area contributed by atoms with Gasteiger partial charge in [0.1, 0.15) is 11.4 Å².